The number of carbonyl (C=O) groups excluding carboxylic acids is 1. The molecule has 0 bridgehead atoms. The first-order valence-electron chi connectivity index (χ1n) is 8.14. The zero-order chi connectivity index (χ0) is 24.3. The van der Waals surface area contributed by atoms with E-state index in [2.05, 4.69) is 4.74 Å². The summed E-state index contributed by atoms with van der Waals surface area (Å²) < 4.78 is 132. The lowest BCUT2D eigenvalue weighted by Gasteiger charge is -2.12. The molecule has 16 heteroatoms. The van der Waals surface area contributed by atoms with Crippen molar-refractivity contribution in [3.8, 4) is 5.75 Å². The van der Waals surface area contributed by atoms with Gasteiger partial charge in [-0.2, -0.15) is 0 Å². The summed E-state index contributed by atoms with van der Waals surface area (Å²) in [6.07, 6.45) is -5.63. The van der Waals surface area contributed by atoms with Crippen LogP contribution in [-0.2, 0) is 14.8 Å². The third-order valence-electron chi connectivity index (χ3n) is 3.55. The van der Waals surface area contributed by atoms with E-state index in [1.54, 1.807) is 5.43 Å². The standard InChI is InChI=1S/C16H11F8N3O4S/c17-10-11(18)13(20)15(14(21)12(10)19)27-26-9(28)5-6-25-32(29,30)8-3-1-7(2-4-8)31-16(22,23)24/h1-4,25,27H,5-6H2,(H,26,28). The van der Waals surface area contributed by atoms with E-state index in [1.165, 1.54) is 5.43 Å². The van der Waals surface area contributed by atoms with E-state index in [1.807, 2.05) is 4.72 Å². The smallest absolute Gasteiger partial charge is 0.406 e. The Morgan fingerprint density at radius 1 is 0.875 bits per heavy atom. The number of anilines is 1. The molecule has 0 fully saturated rings. The van der Waals surface area contributed by atoms with Crippen molar-refractivity contribution in [2.75, 3.05) is 12.0 Å². The molecule has 1 amide bonds. The molecule has 0 aliphatic rings. The van der Waals surface area contributed by atoms with Gasteiger partial charge in [-0.3, -0.25) is 15.6 Å². The summed E-state index contributed by atoms with van der Waals surface area (Å²) in [4.78, 5) is 11.2. The molecule has 0 heterocycles. The van der Waals surface area contributed by atoms with E-state index >= 15 is 0 Å². The Hall–Kier alpha value is -3.14. The van der Waals surface area contributed by atoms with Gasteiger partial charge in [-0.25, -0.2) is 35.1 Å². The van der Waals surface area contributed by atoms with Gasteiger partial charge in [0.25, 0.3) is 0 Å². The SMILES string of the molecule is O=C(CCNS(=O)(=O)c1ccc(OC(F)(F)F)cc1)NNc1c(F)c(F)c(F)c(F)c1F. The molecule has 0 spiro atoms. The second kappa shape index (κ2) is 9.56. The van der Waals surface area contributed by atoms with Gasteiger partial charge >= 0.3 is 6.36 Å². The number of rotatable bonds is 8. The Morgan fingerprint density at radius 2 is 1.38 bits per heavy atom. The van der Waals surface area contributed by atoms with E-state index < -0.39 is 80.7 Å². The maximum Gasteiger partial charge on any atom is 0.573 e. The van der Waals surface area contributed by atoms with Crippen molar-refractivity contribution in [1.29, 1.82) is 0 Å². The number of hydrogen-bond donors (Lipinski definition) is 3. The zero-order valence-electron chi connectivity index (χ0n) is 15.3. The first kappa shape index (κ1) is 25.1. The molecule has 0 aliphatic heterocycles. The molecular weight excluding hydrogens is 482 g/mol. The van der Waals surface area contributed by atoms with E-state index in [4.69, 9.17) is 0 Å². The Labute approximate surface area is 174 Å². The average molecular weight is 493 g/mol. The normalized spacial score (nSPS) is 11.9. The van der Waals surface area contributed by atoms with Crippen molar-refractivity contribution in [3.05, 3.63) is 53.4 Å². The summed E-state index contributed by atoms with van der Waals surface area (Å²) in [5.41, 5.74) is 1.61. The highest BCUT2D eigenvalue weighted by atomic mass is 32.2. The molecule has 0 saturated heterocycles. The Balaban J connectivity index is 1.92. The molecule has 2 rings (SSSR count). The maximum atomic E-state index is 13.5. The fourth-order valence-corrected chi connectivity index (χ4v) is 3.14. The quantitative estimate of drug-likeness (QED) is 0.227. The van der Waals surface area contributed by atoms with Gasteiger partial charge in [-0.05, 0) is 24.3 Å². The Morgan fingerprint density at radius 3 is 1.88 bits per heavy atom. The molecule has 0 saturated carbocycles. The van der Waals surface area contributed by atoms with Crippen LogP contribution in [0.25, 0.3) is 0 Å². The van der Waals surface area contributed by atoms with Crippen LogP contribution in [0.5, 0.6) is 5.75 Å². The molecule has 2 aromatic rings. The minimum atomic E-state index is -4.97. The van der Waals surface area contributed by atoms with Gasteiger partial charge in [-0.1, -0.05) is 0 Å². The number of sulfonamides is 1. The first-order valence-corrected chi connectivity index (χ1v) is 9.63. The van der Waals surface area contributed by atoms with Gasteiger partial charge < -0.3 is 4.74 Å². The van der Waals surface area contributed by atoms with Crippen LogP contribution in [0.15, 0.2) is 29.2 Å². The summed E-state index contributed by atoms with van der Waals surface area (Å²) in [5.74, 6) is -13.1. The zero-order valence-corrected chi connectivity index (χ0v) is 16.1. The van der Waals surface area contributed by atoms with E-state index in [0.29, 0.717) is 0 Å². The van der Waals surface area contributed by atoms with Gasteiger partial charge in [0.15, 0.2) is 23.3 Å². The Kier molecular flexibility index (Phi) is 7.50. The summed E-state index contributed by atoms with van der Waals surface area (Å²) in [5, 5.41) is 0. The van der Waals surface area contributed by atoms with E-state index in [9.17, 15) is 48.3 Å². The van der Waals surface area contributed by atoms with Crippen molar-refractivity contribution in [1.82, 2.24) is 10.1 Å². The number of hydrazine groups is 1. The lowest BCUT2D eigenvalue weighted by atomic mass is 10.2. The Bertz CT molecular complexity index is 1080. The number of amides is 1. The molecule has 0 unspecified atom stereocenters. The van der Waals surface area contributed by atoms with Crippen molar-refractivity contribution in [2.45, 2.75) is 17.7 Å². The fraction of sp³-hybridized carbons (Fsp3) is 0.188. The third-order valence-corrected chi connectivity index (χ3v) is 5.03. The summed E-state index contributed by atoms with van der Waals surface area (Å²) in [6, 6.07) is 3.08. The molecule has 0 aliphatic carbocycles. The van der Waals surface area contributed by atoms with E-state index in [-0.39, 0.29) is 0 Å². The molecule has 0 atom stereocenters. The lowest BCUT2D eigenvalue weighted by molar-refractivity contribution is -0.274. The van der Waals surface area contributed by atoms with Crippen LogP contribution in [0, 0.1) is 29.1 Å². The number of alkyl halides is 3. The highest BCUT2D eigenvalue weighted by molar-refractivity contribution is 7.89. The van der Waals surface area contributed by atoms with Crippen LogP contribution < -0.4 is 20.3 Å². The summed E-state index contributed by atoms with van der Waals surface area (Å²) >= 11 is 0. The highest BCUT2D eigenvalue weighted by Crippen LogP contribution is 2.26. The highest BCUT2D eigenvalue weighted by Gasteiger charge is 2.31. The second-order valence-electron chi connectivity index (χ2n) is 5.79. The lowest BCUT2D eigenvalue weighted by Crippen LogP contribution is -2.34. The first-order chi connectivity index (χ1) is 14.7. The van der Waals surface area contributed by atoms with Crippen LogP contribution in [0.4, 0.5) is 40.8 Å². The number of hydrogen-bond acceptors (Lipinski definition) is 5. The van der Waals surface area contributed by atoms with Gasteiger partial charge in [0.2, 0.25) is 21.7 Å². The van der Waals surface area contributed by atoms with Gasteiger partial charge in [0.05, 0.1) is 4.90 Å². The van der Waals surface area contributed by atoms with Crippen molar-refractivity contribution >= 4 is 21.6 Å². The minimum Gasteiger partial charge on any atom is -0.406 e. The molecule has 2 aromatic carbocycles. The molecule has 176 valence electrons. The minimum absolute atomic E-state index is 0.466. The number of halogens is 8. The second-order valence-corrected chi connectivity index (χ2v) is 7.55. The largest absolute Gasteiger partial charge is 0.573 e. The van der Waals surface area contributed by atoms with Crippen LogP contribution in [0.2, 0.25) is 0 Å². The number of ether oxygens (including phenoxy) is 1. The molecule has 0 radical (unpaired) electrons. The maximum absolute atomic E-state index is 13.5. The van der Waals surface area contributed by atoms with Crippen LogP contribution in [0.1, 0.15) is 6.42 Å². The van der Waals surface area contributed by atoms with Gasteiger partial charge in [0.1, 0.15) is 11.4 Å². The third kappa shape index (κ3) is 6.19. The van der Waals surface area contributed by atoms with Crippen LogP contribution in [-0.4, -0.2) is 27.2 Å². The number of nitrogens with one attached hydrogen (secondary N) is 3. The number of benzene rings is 2. The predicted octanol–water partition coefficient (Wildman–Crippen LogP) is 3.09. The van der Waals surface area contributed by atoms with Gasteiger partial charge in [-0.15, -0.1) is 13.2 Å². The monoisotopic (exact) mass is 493 g/mol. The van der Waals surface area contributed by atoms with Gasteiger partial charge in [0, 0.05) is 13.0 Å². The molecule has 7 nitrogen and oxygen atoms in total. The molecule has 3 N–H and O–H groups in total. The van der Waals surface area contributed by atoms with E-state index in [0.717, 1.165) is 24.3 Å². The summed E-state index contributed by atoms with van der Waals surface area (Å²) in [7, 11) is -4.26. The molecule has 0 aromatic heterocycles. The van der Waals surface area contributed by atoms with Crippen LogP contribution >= 0.6 is 0 Å². The fourth-order valence-electron chi connectivity index (χ4n) is 2.11. The predicted molar refractivity (Wildman–Crippen MR) is 90.9 cm³/mol. The molecule has 32 heavy (non-hydrogen) atoms. The van der Waals surface area contributed by atoms with Crippen molar-refractivity contribution in [3.63, 3.8) is 0 Å². The van der Waals surface area contributed by atoms with Crippen LogP contribution in [0.3, 0.4) is 0 Å². The number of carbonyl (C=O) groups is 1. The average Bonchev–Trinajstić information content (AvgIpc) is 2.70. The van der Waals surface area contributed by atoms with Crippen molar-refractivity contribution < 1.29 is 53.1 Å². The summed E-state index contributed by atoms with van der Waals surface area (Å²) in [6.45, 7) is -0.590. The molecular formula is C16H11F8N3O4S. The topological polar surface area (TPSA) is 96.5 Å². The van der Waals surface area contributed by atoms with Crippen molar-refractivity contribution in [2.24, 2.45) is 0 Å².